The Kier molecular flexibility index (Phi) is 5.46. The van der Waals surface area contributed by atoms with Crippen LogP contribution in [0.1, 0.15) is 38.5 Å². The molecule has 1 fully saturated rings. The minimum absolute atomic E-state index is 0.0882. The van der Waals surface area contributed by atoms with Crippen molar-refractivity contribution >= 4 is 0 Å². The predicted octanol–water partition coefficient (Wildman–Crippen LogP) is 2.41. The average molecular weight is 248 g/mol. The second kappa shape index (κ2) is 7.37. The Morgan fingerprint density at radius 1 is 1.22 bits per heavy atom. The Morgan fingerprint density at radius 2 is 2.06 bits per heavy atom. The van der Waals surface area contributed by atoms with E-state index in [9.17, 15) is 4.79 Å². The molecule has 3 nitrogen and oxygen atoms in total. The molecule has 0 aliphatic heterocycles. The van der Waals surface area contributed by atoms with Gasteiger partial charge in [0.25, 0.3) is 5.56 Å². The highest BCUT2D eigenvalue weighted by Gasteiger charge is 2.13. The summed E-state index contributed by atoms with van der Waals surface area (Å²) < 4.78 is 1.75. The molecule has 0 atom stereocenters. The lowest BCUT2D eigenvalue weighted by Crippen LogP contribution is -2.26. The summed E-state index contributed by atoms with van der Waals surface area (Å²) in [5, 5.41) is 3.43. The number of nitrogens with one attached hydrogen (secondary N) is 1. The van der Waals surface area contributed by atoms with Crippen molar-refractivity contribution in [1.82, 2.24) is 9.88 Å². The van der Waals surface area contributed by atoms with Crippen LogP contribution in [0.15, 0.2) is 29.2 Å². The van der Waals surface area contributed by atoms with Crippen molar-refractivity contribution in [3.63, 3.8) is 0 Å². The summed E-state index contributed by atoms with van der Waals surface area (Å²) in [5.41, 5.74) is 0.0882. The van der Waals surface area contributed by atoms with Crippen LogP contribution < -0.4 is 10.9 Å². The van der Waals surface area contributed by atoms with E-state index < -0.39 is 0 Å². The van der Waals surface area contributed by atoms with E-state index in [1.165, 1.54) is 38.5 Å². The fourth-order valence-corrected chi connectivity index (χ4v) is 2.78. The standard InChI is InChI=1S/C15H24N2O/c18-15-9-3-4-12-17(15)13-11-16-10-5-8-14-6-1-2-7-14/h3-4,9,12,14,16H,1-2,5-8,10-11,13H2. The fourth-order valence-electron chi connectivity index (χ4n) is 2.78. The number of pyridine rings is 1. The molecule has 1 aliphatic rings. The van der Waals surface area contributed by atoms with Crippen molar-refractivity contribution in [2.75, 3.05) is 13.1 Å². The van der Waals surface area contributed by atoms with Gasteiger partial charge in [0.1, 0.15) is 0 Å². The second-order valence-electron chi connectivity index (χ2n) is 5.27. The van der Waals surface area contributed by atoms with E-state index in [0.717, 1.165) is 25.6 Å². The molecular formula is C15H24N2O. The topological polar surface area (TPSA) is 34.0 Å². The first-order valence-corrected chi connectivity index (χ1v) is 7.22. The number of aromatic nitrogens is 1. The monoisotopic (exact) mass is 248 g/mol. The Labute approximate surface area is 109 Å². The second-order valence-corrected chi connectivity index (χ2v) is 5.27. The van der Waals surface area contributed by atoms with Crippen LogP contribution in [-0.2, 0) is 6.54 Å². The molecule has 0 spiro atoms. The Bertz CT molecular complexity index is 393. The molecule has 1 aromatic heterocycles. The van der Waals surface area contributed by atoms with E-state index in [4.69, 9.17) is 0 Å². The summed E-state index contributed by atoms with van der Waals surface area (Å²) in [4.78, 5) is 11.4. The van der Waals surface area contributed by atoms with E-state index in [1.54, 1.807) is 16.7 Å². The van der Waals surface area contributed by atoms with Gasteiger partial charge in [-0.25, -0.2) is 0 Å². The zero-order chi connectivity index (χ0) is 12.6. The van der Waals surface area contributed by atoms with Crippen LogP contribution in [0.3, 0.4) is 0 Å². The summed E-state index contributed by atoms with van der Waals surface area (Å²) >= 11 is 0. The normalized spacial score (nSPS) is 16.2. The van der Waals surface area contributed by atoms with Gasteiger partial charge in [-0.3, -0.25) is 4.79 Å². The maximum Gasteiger partial charge on any atom is 0.250 e. The van der Waals surface area contributed by atoms with Crippen LogP contribution in [0.2, 0.25) is 0 Å². The molecule has 0 aromatic carbocycles. The number of hydrogen-bond donors (Lipinski definition) is 1. The van der Waals surface area contributed by atoms with Gasteiger partial charge < -0.3 is 9.88 Å². The summed E-state index contributed by atoms with van der Waals surface area (Å²) in [6, 6.07) is 5.30. The first-order valence-electron chi connectivity index (χ1n) is 7.22. The lowest BCUT2D eigenvalue weighted by molar-refractivity contribution is 0.465. The largest absolute Gasteiger partial charge is 0.315 e. The Morgan fingerprint density at radius 3 is 2.83 bits per heavy atom. The molecular weight excluding hydrogens is 224 g/mol. The highest BCUT2D eigenvalue weighted by atomic mass is 16.1. The van der Waals surface area contributed by atoms with Gasteiger partial charge in [0, 0.05) is 25.4 Å². The fraction of sp³-hybridized carbons (Fsp3) is 0.667. The van der Waals surface area contributed by atoms with E-state index >= 15 is 0 Å². The third-order valence-electron chi connectivity index (χ3n) is 3.87. The third kappa shape index (κ3) is 4.30. The molecule has 0 radical (unpaired) electrons. The molecule has 1 aliphatic carbocycles. The molecule has 0 saturated heterocycles. The molecule has 2 rings (SSSR count). The van der Waals surface area contributed by atoms with Crippen molar-refractivity contribution in [2.24, 2.45) is 5.92 Å². The molecule has 1 aromatic rings. The van der Waals surface area contributed by atoms with Crippen molar-refractivity contribution in [3.05, 3.63) is 34.7 Å². The van der Waals surface area contributed by atoms with Gasteiger partial charge in [-0.15, -0.1) is 0 Å². The zero-order valence-electron chi connectivity index (χ0n) is 11.1. The maximum absolute atomic E-state index is 11.4. The first-order chi connectivity index (χ1) is 8.86. The van der Waals surface area contributed by atoms with E-state index in [-0.39, 0.29) is 5.56 Å². The van der Waals surface area contributed by atoms with Gasteiger partial charge in [-0.2, -0.15) is 0 Å². The Balaban J connectivity index is 1.53. The number of hydrogen-bond acceptors (Lipinski definition) is 2. The third-order valence-corrected chi connectivity index (χ3v) is 3.87. The molecule has 1 heterocycles. The van der Waals surface area contributed by atoms with Crippen LogP contribution in [-0.4, -0.2) is 17.7 Å². The zero-order valence-corrected chi connectivity index (χ0v) is 11.1. The lowest BCUT2D eigenvalue weighted by Gasteiger charge is -2.09. The van der Waals surface area contributed by atoms with Crippen LogP contribution in [0.5, 0.6) is 0 Å². The van der Waals surface area contributed by atoms with Crippen LogP contribution in [0.25, 0.3) is 0 Å². The average Bonchev–Trinajstić information content (AvgIpc) is 2.89. The molecule has 18 heavy (non-hydrogen) atoms. The van der Waals surface area contributed by atoms with E-state index in [0.29, 0.717) is 0 Å². The number of nitrogens with zero attached hydrogens (tertiary/aromatic N) is 1. The van der Waals surface area contributed by atoms with Gasteiger partial charge in [-0.05, 0) is 31.4 Å². The molecule has 0 bridgehead atoms. The predicted molar refractivity (Wildman–Crippen MR) is 74.8 cm³/mol. The first kappa shape index (κ1) is 13.3. The van der Waals surface area contributed by atoms with E-state index in [2.05, 4.69) is 5.32 Å². The highest BCUT2D eigenvalue weighted by Crippen LogP contribution is 2.28. The van der Waals surface area contributed by atoms with E-state index in [1.807, 2.05) is 12.3 Å². The van der Waals surface area contributed by atoms with Crippen molar-refractivity contribution < 1.29 is 0 Å². The van der Waals surface area contributed by atoms with Crippen LogP contribution in [0.4, 0.5) is 0 Å². The highest BCUT2D eigenvalue weighted by molar-refractivity contribution is 4.93. The molecule has 1 saturated carbocycles. The van der Waals surface area contributed by atoms with Crippen molar-refractivity contribution in [3.8, 4) is 0 Å². The number of rotatable bonds is 7. The molecule has 1 N–H and O–H groups in total. The smallest absolute Gasteiger partial charge is 0.250 e. The quantitative estimate of drug-likeness (QED) is 0.752. The van der Waals surface area contributed by atoms with Gasteiger partial charge in [0.15, 0.2) is 0 Å². The molecule has 0 amide bonds. The summed E-state index contributed by atoms with van der Waals surface area (Å²) in [6.45, 7) is 2.73. The minimum Gasteiger partial charge on any atom is -0.315 e. The molecule has 100 valence electrons. The Hall–Kier alpha value is -1.09. The molecule has 0 unspecified atom stereocenters. The van der Waals surface area contributed by atoms with Gasteiger partial charge in [0.05, 0.1) is 0 Å². The van der Waals surface area contributed by atoms with Gasteiger partial charge in [-0.1, -0.05) is 31.7 Å². The van der Waals surface area contributed by atoms with Crippen molar-refractivity contribution in [2.45, 2.75) is 45.1 Å². The summed E-state index contributed by atoms with van der Waals surface area (Å²) in [5.74, 6) is 0.989. The lowest BCUT2D eigenvalue weighted by atomic mass is 10.0. The SMILES string of the molecule is O=c1ccccn1CCNCCCC1CCCC1. The summed E-state index contributed by atoms with van der Waals surface area (Å²) in [7, 11) is 0. The minimum atomic E-state index is 0.0882. The molecule has 3 heteroatoms. The van der Waals surface area contributed by atoms with Gasteiger partial charge >= 0.3 is 0 Å². The summed E-state index contributed by atoms with van der Waals surface area (Å²) in [6.07, 6.45) is 10.3. The van der Waals surface area contributed by atoms with Crippen LogP contribution in [0, 0.1) is 5.92 Å². The maximum atomic E-state index is 11.4. The van der Waals surface area contributed by atoms with Crippen molar-refractivity contribution in [1.29, 1.82) is 0 Å². The van der Waals surface area contributed by atoms with Crippen LogP contribution >= 0.6 is 0 Å². The van der Waals surface area contributed by atoms with Gasteiger partial charge in [0.2, 0.25) is 0 Å².